The van der Waals surface area contributed by atoms with Crippen LogP contribution >= 0.6 is 11.8 Å². The highest BCUT2D eigenvalue weighted by Gasteiger charge is 2.11. The number of nitrogens with one attached hydrogen (secondary N) is 1. The quantitative estimate of drug-likeness (QED) is 0.555. The fourth-order valence-electron chi connectivity index (χ4n) is 2.12. The molecule has 1 amide bonds. The van der Waals surface area contributed by atoms with Crippen LogP contribution in [0.4, 0.5) is 14.9 Å². The van der Waals surface area contributed by atoms with Gasteiger partial charge in [-0.3, -0.25) is 5.32 Å². The Labute approximate surface area is 140 Å². The van der Waals surface area contributed by atoms with E-state index < -0.39 is 11.9 Å². The molecule has 23 heavy (non-hydrogen) atoms. The van der Waals surface area contributed by atoms with Crippen LogP contribution in [-0.2, 0) is 4.74 Å². The molecule has 0 saturated carbocycles. The number of halogens is 1. The lowest BCUT2D eigenvalue weighted by Gasteiger charge is -2.11. The molecule has 2 rings (SSSR count). The number of thioether (sulfide) groups is 1. The summed E-state index contributed by atoms with van der Waals surface area (Å²) in [4.78, 5) is 12.7. The van der Waals surface area contributed by atoms with Crippen molar-refractivity contribution in [1.82, 2.24) is 0 Å². The minimum Gasteiger partial charge on any atom is -0.449 e. The van der Waals surface area contributed by atoms with Gasteiger partial charge in [-0.05, 0) is 42.0 Å². The third-order valence-corrected chi connectivity index (χ3v) is 4.15. The van der Waals surface area contributed by atoms with E-state index in [1.54, 1.807) is 23.9 Å². The molecule has 2 aromatic rings. The number of hydrogen-bond acceptors (Lipinski definition) is 3. The smallest absolute Gasteiger partial charge is 0.411 e. The first kappa shape index (κ1) is 17.3. The van der Waals surface area contributed by atoms with Crippen LogP contribution < -0.4 is 5.32 Å². The predicted molar refractivity (Wildman–Crippen MR) is 93.5 cm³/mol. The van der Waals surface area contributed by atoms with Crippen molar-refractivity contribution >= 4 is 23.5 Å². The summed E-state index contributed by atoms with van der Waals surface area (Å²) in [5, 5.41) is 2.44. The number of carbonyl (C=O) groups is 1. The maximum Gasteiger partial charge on any atom is 0.411 e. The number of amides is 1. The van der Waals surface area contributed by atoms with Gasteiger partial charge in [0, 0.05) is 4.90 Å². The zero-order valence-electron chi connectivity index (χ0n) is 13.3. The summed E-state index contributed by atoms with van der Waals surface area (Å²) in [7, 11) is 0. The van der Waals surface area contributed by atoms with Gasteiger partial charge in [0.2, 0.25) is 0 Å². The number of benzene rings is 2. The summed E-state index contributed by atoms with van der Waals surface area (Å²) in [5.74, 6) is -0.481. The molecule has 0 bridgehead atoms. The van der Waals surface area contributed by atoms with E-state index in [9.17, 15) is 9.18 Å². The summed E-state index contributed by atoms with van der Waals surface area (Å²) in [6.07, 6.45) is 3.08. The van der Waals surface area contributed by atoms with E-state index in [1.165, 1.54) is 6.07 Å². The molecule has 0 heterocycles. The molecule has 0 aliphatic rings. The average molecular weight is 333 g/mol. The fourth-order valence-corrected chi connectivity index (χ4v) is 2.74. The number of hydrogen-bond donors (Lipinski definition) is 1. The van der Waals surface area contributed by atoms with Crippen molar-refractivity contribution in [2.75, 3.05) is 18.2 Å². The van der Waals surface area contributed by atoms with Crippen LogP contribution in [0.1, 0.15) is 19.8 Å². The minimum absolute atomic E-state index is 0.122. The Morgan fingerprint density at radius 2 is 2.04 bits per heavy atom. The summed E-state index contributed by atoms with van der Waals surface area (Å²) < 4.78 is 19.2. The lowest BCUT2D eigenvalue weighted by molar-refractivity contribution is 0.160. The topological polar surface area (TPSA) is 38.3 Å². The first-order chi connectivity index (χ1) is 11.2. The van der Waals surface area contributed by atoms with Crippen LogP contribution in [0, 0.1) is 5.82 Å². The van der Waals surface area contributed by atoms with Crippen LogP contribution in [-0.4, -0.2) is 19.0 Å². The van der Waals surface area contributed by atoms with Crippen molar-refractivity contribution < 1.29 is 13.9 Å². The Balaban J connectivity index is 2.13. The zero-order valence-corrected chi connectivity index (χ0v) is 14.1. The molecule has 122 valence electrons. The van der Waals surface area contributed by atoms with E-state index in [2.05, 4.69) is 5.32 Å². The van der Waals surface area contributed by atoms with Gasteiger partial charge in [0.05, 0.1) is 12.3 Å². The van der Waals surface area contributed by atoms with Gasteiger partial charge < -0.3 is 4.74 Å². The molecule has 5 heteroatoms. The second-order valence-corrected chi connectivity index (χ2v) is 5.86. The molecule has 0 aliphatic carbocycles. The number of carbonyl (C=O) groups excluding carboxylic acids is 1. The second kappa shape index (κ2) is 8.58. The highest BCUT2D eigenvalue weighted by atomic mass is 32.2. The summed E-state index contributed by atoms with van der Waals surface area (Å²) in [5.41, 5.74) is 1.87. The van der Waals surface area contributed by atoms with Crippen molar-refractivity contribution in [3.8, 4) is 11.1 Å². The molecule has 0 fully saturated rings. The molecule has 1 N–H and O–H groups in total. The van der Waals surface area contributed by atoms with Crippen molar-refractivity contribution in [1.29, 1.82) is 0 Å². The average Bonchev–Trinajstić information content (AvgIpc) is 2.57. The Morgan fingerprint density at radius 3 is 2.74 bits per heavy atom. The molecule has 3 nitrogen and oxygen atoms in total. The van der Waals surface area contributed by atoms with Gasteiger partial charge in [-0.1, -0.05) is 37.6 Å². The van der Waals surface area contributed by atoms with Crippen molar-refractivity contribution in [2.45, 2.75) is 24.7 Å². The molecule has 0 unspecified atom stereocenters. The van der Waals surface area contributed by atoms with Crippen LogP contribution in [0.3, 0.4) is 0 Å². The largest absolute Gasteiger partial charge is 0.449 e. The Bertz CT molecular complexity index is 676. The standard InChI is InChI=1S/C18H20FNO2S/c1-3-4-11-22-18(21)20-16-10-9-13(12-15(16)19)14-7-5-6-8-17(14)23-2/h5-10,12H,3-4,11H2,1-2H3,(H,20,21). The fraction of sp³-hybridized carbons (Fsp3) is 0.278. The Kier molecular flexibility index (Phi) is 6.47. The monoisotopic (exact) mass is 333 g/mol. The van der Waals surface area contributed by atoms with Gasteiger partial charge in [-0.15, -0.1) is 11.8 Å². The normalized spacial score (nSPS) is 10.4. The van der Waals surface area contributed by atoms with E-state index in [4.69, 9.17) is 4.74 Å². The zero-order chi connectivity index (χ0) is 16.7. The maximum absolute atomic E-state index is 14.2. The highest BCUT2D eigenvalue weighted by Crippen LogP contribution is 2.31. The number of ether oxygens (including phenoxy) is 1. The van der Waals surface area contributed by atoms with Gasteiger partial charge in [-0.2, -0.15) is 0 Å². The van der Waals surface area contributed by atoms with Crippen molar-refractivity contribution in [3.05, 3.63) is 48.3 Å². The lowest BCUT2D eigenvalue weighted by Crippen LogP contribution is -2.15. The predicted octanol–water partition coefficient (Wildman–Crippen LogP) is 5.56. The van der Waals surface area contributed by atoms with Crippen LogP contribution in [0.15, 0.2) is 47.4 Å². The molecule has 0 aliphatic heterocycles. The molecule has 2 aromatic carbocycles. The Hall–Kier alpha value is -2.01. The van der Waals surface area contributed by atoms with Crippen LogP contribution in [0.5, 0.6) is 0 Å². The first-order valence-electron chi connectivity index (χ1n) is 7.52. The SMILES string of the molecule is CCCCOC(=O)Nc1ccc(-c2ccccc2SC)cc1F. The third kappa shape index (κ3) is 4.73. The molecule has 0 spiro atoms. The van der Waals surface area contributed by atoms with Gasteiger partial charge in [0.15, 0.2) is 0 Å². The minimum atomic E-state index is -0.630. The molecule has 0 radical (unpaired) electrons. The molecule has 0 aromatic heterocycles. The number of anilines is 1. The van der Waals surface area contributed by atoms with E-state index in [-0.39, 0.29) is 5.69 Å². The van der Waals surface area contributed by atoms with E-state index in [0.29, 0.717) is 6.61 Å². The van der Waals surface area contributed by atoms with E-state index in [1.807, 2.05) is 37.4 Å². The van der Waals surface area contributed by atoms with Crippen LogP contribution in [0.2, 0.25) is 0 Å². The lowest BCUT2D eigenvalue weighted by atomic mass is 10.1. The third-order valence-electron chi connectivity index (χ3n) is 3.35. The van der Waals surface area contributed by atoms with Crippen molar-refractivity contribution in [3.63, 3.8) is 0 Å². The van der Waals surface area contributed by atoms with Gasteiger partial charge in [0.25, 0.3) is 0 Å². The molecule has 0 saturated heterocycles. The first-order valence-corrected chi connectivity index (χ1v) is 8.75. The summed E-state index contributed by atoms with van der Waals surface area (Å²) in [6, 6.07) is 12.6. The van der Waals surface area contributed by atoms with Crippen LogP contribution in [0.25, 0.3) is 11.1 Å². The molecular weight excluding hydrogens is 313 g/mol. The van der Waals surface area contributed by atoms with Gasteiger partial charge >= 0.3 is 6.09 Å². The van der Waals surface area contributed by atoms with E-state index >= 15 is 0 Å². The summed E-state index contributed by atoms with van der Waals surface area (Å²) >= 11 is 1.61. The van der Waals surface area contributed by atoms with Gasteiger partial charge in [0.1, 0.15) is 5.82 Å². The van der Waals surface area contributed by atoms with Crippen molar-refractivity contribution in [2.24, 2.45) is 0 Å². The molecular formula is C18H20FNO2S. The number of unbranched alkanes of at least 4 members (excludes halogenated alkanes) is 1. The Morgan fingerprint density at radius 1 is 1.26 bits per heavy atom. The van der Waals surface area contributed by atoms with Gasteiger partial charge in [-0.25, -0.2) is 9.18 Å². The second-order valence-electron chi connectivity index (χ2n) is 5.01. The molecule has 0 atom stereocenters. The maximum atomic E-state index is 14.2. The van der Waals surface area contributed by atoms with E-state index in [0.717, 1.165) is 28.9 Å². The number of rotatable bonds is 6. The highest BCUT2D eigenvalue weighted by molar-refractivity contribution is 7.98. The summed E-state index contributed by atoms with van der Waals surface area (Å²) in [6.45, 7) is 2.34.